The van der Waals surface area contributed by atoms with Crippen molar-refractivity contribution >= 4 is 16.7 Å². The van der Waals surface area contributed by atoms with Gasteiger partial charge >= 0.3 is 0 Å². The van der Waals surface area contributed by atoms with E-state index in [1.54, 1.807) is 31.5 Å². The Morgan fingerprint density at radius 3 is 2.76 bits per heavy atom. The molecule has 1 aliphatic heterocycles. The highest BCUT2D eigenvalue weighted by atomic mass is 19.1. The van der Waals surface area contributed by atoms with Crippen molar-refractivity contribution in [2.75, 3.05) is 18.0 Å². The minimum absolute atomic E-state index is 0.226. The maximum absolute atomic E-state index is 14.4. The molecule has 1 aromatic carbocycles. The molecule has 0 bridgehead atoms. The van der Waals surface area contributed by atoms with Crippen LogP contribution in [0.4, 0.5) is 10.1 Å². The lowest BCUT2D eigenvalue weighted by Crippen LogP contribution is -2.53. The Labute approximate surface area is 122 Å². The topological polar surface area (TPSA) is 78.8 Å². The van der Waals surface area contributed by atoms with Gasteiger partial charge in [-0.15, -0.1) is 0 Å². The Balaban J connectivity index is 2.11. The molecule has 1 fully saturated rings. The van der Waals surface area contributed by atoms with Crippen LogP contribution in [0.1, 0.15) is 18.9 Å². The third-order valence-corrected chi connectivity index (χ3v) is 3.73. The third kappa shape index (κ3) is 2.52. The number of rotatable bonds is 1. The van der Waals surface area contributed by atoms with Crippen LogP contribution in [-0.2, 0) is 0 Å². The van der Waals surface area contributed by atoms with E-state index in [1.165, 1.54) is 0 Å². The SMILES string of the molecule is CC1(F)CC(N)CN(c2ccc(C#N)c3nccnc23)C1. The van der Waals surface area contributed by atoms with Gasteiger partial charge < -0.3 is 10.6 Å². The fourth-order valence-corrected chi connectivity index (χ4v) is 2.99. The molecule has 0 saturated carbocycles. The van der Waals surface area contributed by atoms with Crippen molar-refractivity contribution in [2.24, 2.45) is 5.73 Å². The van der Waals surface area contributed by atoms with Crippen molar-refractivity contribution in [2.45, 2.75) is 25.1 Å². The van der Waals surface area contributed by atoms with E-state index in [9.17, 15) is 4.39 Å². The molecule has 2 atom stereocenters. The monoisotopic (exact) mass is 285 g/mol. The van der Waals surface area contributed by atoms with Crippen LogP contribution < -0.4 is 10.6 Å². The molecule has 2 aromatic rings. The average molecular weight is 285 g/mol. The number of nitrogens with zero attached hydrogens (tertiary/aromatic N) is 4. The number of hydrogen-bond acceptors (Lipinski definition) is 5. The van der Waals surface area contributed by atoms with Gasteiger partial charge in [-0.25, -0.2) is 4.39 Å². The van der Waals surface area contributed by atoms with E-state index in [2.05, 4.69) is 16.0 Å². The van der Waals surface area contributed by atoms with Gasteiger partial charge in [-0.05, 0) is 25.5 Å². The smallest absolute Gasteiger partial charge is 0.127 e. The van der Waals surface area contributed by atoms with E-state index >= 15 is 0 Å². The lowest BCUT2D eigenvalue weighted by Gasteiger charge is -2.40. The number of nitriles is 1. The lowest BCUT2D eigenvalue weighted by molar-refractivity contribution is 0.149. The molecule has 1 aliphatic rings. The van der Waals surface area contributed by atoms with Crippen molar-refractivity contribution in [3.05, 3.63) is 30.1 Å². The predicted octanol–water partition coefficient (Wildman–Crippen LogP) is 1.77. The zero-order valence-electron chi connectivity index (χ0n) is 11.8. The van der Waals surface area contributed by atoms with E-state index in [-0.39, 0.29) is 12.6 Å². The van der Waals surface area contributed by atoms with Crippen LogP contribution in [-0.4, -0.2) is 34.8 Å². The zero-order chi connectivity index (χ0) is 15.0. The van der Waals surface area contributed by atoms with Crippen LogP contribution >= 0.6 is 0 Å². The lowest BCUT2D eigenvalue weighted by atomic mass is 9.93. The second-order valence-electron chi connectivity index (χ2n) is 5.76. The van der Waals surface area contributed by atoms with Crippen LogP contribution in [0, 0.1) is 11.3 Å². The van der Waals surface area contributed by atoms with Crippen molar-refractivity contribution in [3.8, 4) is 6.07 Å². The summed E-state index contributed by atoms with van der Waals surface area (Å²) in [6.07, 6.45) is 3.48. The first kappa shape index (κ1) is 13.7. The highest BCUT2D eigenvalue weighted by Crippen LogP contribution is 2.32. The number of nitrogens with two attached hydrogens (primary N) is 1. The minimum atomic E-state index is -1.33. The second kappa shape index (κ2) is 4.93. The highest BCUT2D eigenvalue weighted by molar-refractivity contribution is 5.92. The minimum Gasteiger partial charge on any atom is -0.365 e. The third-order valence-electron chi connectivity index (χ3n) is 3.73. The largest absolute Gasteiger partial charge is 0.365 e. The number of anilines is 1. The highest BCUT2D eigenvalue weighted by Gasteiger charge is 2.35. The van der Waals surface area contributed by atoms with E-state index in [0.717, 1.165) is 5.69 Å². The first-order valence-electron chi connectivity index (χ1n) is 6.83. The van der Waals surface area contributed by atoms with E-state index in [0.29, 0.717) is 29.6 Å². The van der Waals surface area contributed by atoms with Crippen LogP contribution in [0.15, 0.2) is 24.5 Å². The molecule has 1 aromatic heterocycles. The summed E-state index contributed by atoms with van der Waals surface area (Å²) in [6.45, 7) is 2.39. The molecule has 0 radical (unpaired) electrons. The Bertz CT molecular complexity index is 722. The van der Waals surface area contributed by atoms with Crippen molar-refractivity contribution < 1.29 is 4.39 Å². The molecule has 5 nitrogen and oxygen atoms in total. The summed E-state index contributed by atoms with van der Waals surface area (Å²) < 4.78 is 14.4. The molecule has 1 saturated heterocycles. The van der Waals surface area contributed by atoms with E-state index < -0.39 is 5.67 Å². The molecule has 21 heavy (non-hydrogen) atoms. The maximum atomic E-state index is 14.4. The number of fused-ring (bicyclic) bond motifs is 1. The van der Waals surface area contributed by atoms with Crippen LogP contribution in [0.5, 0.6) is 0 Å². The molecule has 0 spiro atoms. The summed E-state index contributed by atoms with van der Waals surface area (Å²) in [6, 6.07) is 5.37. The molecule has 0 aliphatic carbocycles. The Hall–Kier alpha value is -2.26. The summed E-state index contributed by atoms with van der Waals surface area (Å²) in [5.74, 6) is 0. The molecule has 0 amide bonds. The Morgan fingerprint density at radius 1 is 1.38 bits per heavy atom. The van der Waals surface area contributed by atoms with Gasteiger partial charge in [-0.3, -0.25) is 9.97 Å². The standard InChI is InChI=1S/C15H16FN5/c1-15(16)6-11(18)8-21(9-15)12-3-2-10(7-17)13-14(12)20-5-4-19-13/h2-5,11H,6,8-9,18H2,1H3. The average Bonchev–Trinajstić information content (AvgIpc) is 2.44. The summed E-state index contributed by atoms with van der Waals surface area (Å²) >= 11 is 0. The van der Waals surface area contributed by atoms with Gasteiger partial charge in [0, 0.05) is 25.0 Å². The van der Waals surface area contributed by atoms with Crippen molar-refractivity contribution in [1.29, 1.82) is 5.26 Å². The molecule has 2 heterocycles. The Kier molecular flexibility index (Phi) is 3.22. The van der Waals surface area contributed by atoms with Gasteiger partial charge in [-0.1, -0.05) is 0 Å². The Morgan fingerprint density at radius 2 is 2.10 bits per heavy atom. The fraction of sp³-hybridized carbons (Fsp3) is 0.400. The summed E-state index contributed by atoms with van der Waals surface area (Å²) in [4.78, 5) is 10.4. The van der Waals surface area contributed by atoms with E-state index in [4.69, 9.17) is 11.0 Å². The number of hydrogen-bond donors (Lipinski definition) is 1. The predicted molar refractivity (Wildman–Crippen MR) is 78.6 cm³/mol. The maximum Gasteiger partial charge on any atom is 0.127 e. The van der Waals surface area contributed by atoms with Gasteiger partial charge in [0.05, 0.1) is 17.8 Å². The number of halogens is 1. The number of alkyl halides is 1. The second-order valence-corrected chi connectivity index (χ2v) is 5.76. The van der Waals surface area contributed by atoms with Gasteiger partial charge in [0.25, 0.3) is 0 Å². The molecular weight excluding hydrogens is 269 g/mol. The van der Waals surface area contributed by atoms with Crippen molar-refractivity contribution in [1.82, 2.24) is 9.97 Å². The fourth-order valence-electron chi connectivity index (χ4n) is 2.99. The van der Waals surface area contributed by atoms with Crippen LogP contribution in [0.3, 0.4) is 0 Å². The first-order valence-corrected chi connectivity index (χ1v) is 6.83. The zero-order valence-corrected chi connectivity index (χ0v) is 11.8. The molecule has 3 rings (SSSR count). The number of piperidine rings is 1. The van der Waals surface area contributed by atoms with Crippen molar-refractivity contribution in [3.63, 3.8) is 0 Å². The van der Waals surface area contributed by atoms with Gasteiger partial charge in [0.15, 0.2) is 0 Å². The summed E-state index contributed by atoms with van der Waals surface area (Å²) in [7, 11) is 0. The van der Waals surface area contributed by atoms with Gasteiger partial charge in [0.2, 0.25) is 0 Å². The normalized spacial score (nSPS) is 25.8. The summed E-state index contributed by atoms with van der Waals surface area (Å²) in [5.41, 5.74) is 7.02. The van der Waals surface area contributed by atoms with E-state index in [1.807, 2.05) is 4.90 Å². The molecule has 2 N–H and O–H groups in total. The molecule has 6 heteroatoms. The van der Waals surface area contributed by atoms with Gasteiger partial charge in [-0.2, -0.15) is 5.26 Å². The molecular formula is C15H16FN5. The first-order chi connectivity index (χ1) is 10.00. The quantitative estimate of drug-likeness (QED) is 0.863. The summed E-state index contributed by atoms with van der Waals surface area (Å²) in [5, 5.41) is 9.15. The molecule has 2 unspecified atom stereocenters. The number of aromatic nitrogens is 2. The van der Waals surface area contributed by atoms with Gasteiger partial charge in [0.1, 0.15) is 22.8 Å². The van der Waals surface area contributed by atoms with Crippen LogP contribution in [0.25, 0.3) is 11.0 Å². The molecule has 108 valence electrons. The number of benzene rings is 1. The van der Waals surface area contributed by atoms with Crippen LogP contribution in [0.2, 0.25) is 0 Å².